The first-order chi connectivity index (χ1) is 13.2. The summed E-state index contributed by atoms with van der Waals surface area (Å²) < 4.78 is 33.4. The van der Waals surface area contributed by atoms with Crippen molar-refractivity contribution in [1.82, 2.24) is 4.31 Å². The lowest BCUT2D eigenvalue weighted by Gasteiger charge is -2.37. The van der Waals surface area contributed by atoms with Gasteiger partial charge in [-0.15, -0.1) is 0 Å². The van der Waals surface area contributed by atoms with Crippen molar-refractivity contribution in [2.45, 2.75) is 50.8 Å². The van der Waals surface area contributed by atoms with Crippen molar-refractivity contribution in [1.29, 1.82) is 0 Å². The lowest BCUT2D eigenvalue weighted by atomic mass is 9.88. The zero-order chi connectivity index (χ0) is 20.5. The van der Waals surface area contributed by atoms with E-state index in [9.17, 15) is 13.2 Å². The molecule has 0 saturated carbocycles. The number of esters is 1. The number of hydrogen-bond donors (Lipinski definition) is 1. The highest BCUT2D eigenvalue weighted by molar-refractivity contribution is 7.90. The van der Waals surface area contributed by atoms with Crippen molar-refractivity contribution in [2.75, 3.05) is 25.5 Å². The average molecular weight is 407 g/mol. The lowest BCUT2D eigenvalue weighted by molar-refractivity contribution is -0.146. The third-order valence-corrected chi connectivity index (χ3v) is 8.03. The van der Waals surface area contributed by atoms with Crippen molar-refractivity contribution in [3.63, 3.8) is 0 Å². The largest absolute Gasteiger partial charge is 0.469 e. The SMILES string of the molecule is CCC(C1=CC(C)(C)Nc2ccccc21)S(=O)(=O)N1CCC(C(=O)OC)CC1. The number of nitrogens with one attached hydrogen (secondary N) is 1. The summed E-state index contributed by atoms with van der Waals surface area (Å²) in [5.74, 6) is -0.463. The summed E-state index contributed by atoms with van der Waals surface area (Å²) in [6.07, 6.45) is 3.55. The Balaban J connectivity index is 1.90. The van der Waals surface area contributed by atoms with E-state index < -0.39 is 15.3 Å². The van der Waals surface area contributed by atoms with Crippen LogP contribution in [-0.4, -0.2) is 49.7 Å². The van der Waals surface area contributed by atoms with Gasteiger partial charge in [0.2, 0.25) is 10.0 Å². The van der Waals surface area contributed by atoms with Crippen LogP contribution in [0.1, 0.15) is 45.6 Å². The fourth-order valence-electron chi connectivity index (χ4n) is 4.24. The molecule has 1 fully saturated rings. The second kappa shape index (κ2) is 7.87. The molecule has 0 radical (unpaired) electrons. The molecule has 0 amide bonds. The van der Waals surface area contributed by atoms with E-state index in [4.69, 9.17) is 4.74 Å². The first-order valence-corrected chi connectivity index (χ1v) is 11.4. The quantitative estimate of drug-likeness (QED) is 0.760. The van der Waals surface area contributed by atoms with Gasteiger partial charge in [-0.1, -0.05) is 31.2 Å². The van der Waals surface area contributed by atoms with E-state index in [2.05, 4.69) is 5.32 Å². The number of rotatable bonds is 5. The van der Waals surface area contributed by atoms with Gasteiger partial charge in [0, 0.05) is 24.3 Å². The molecule has 1 unspecified atom stereocenters. The van der Waals surface area contributed by atoms with Crippen molar-refractivity contribution < 1.29 is 17.9 Å². The van der Waals surface area contributed by atoms with E-state index in [0.29, 0.717) is 32.4 Å². The number of carbonyl (C=O) groups excluding carboxylic acids is 1. The van der Waals surface area contributed by atoms with Crippen molar-refractivity contribution >= 4 is 27.3 Å². The molecule has 1 aromatic carbocycles. The smallest absolute Gasteiger partial charge is 0.308 e. The molecule has 0 bridgehead atoms. The number of para-hydroxylation sites is 1. The molecule has 7 heteroatoms. The summed E-state index contributed by atoms with van der Waals surface area (Å²) in [6.45, 7) is 6.72. The molecule has 0 aromatic heterocycles. The third kappa shape index (κ3) is 3.96. The Kier molecular flexibility index (Phi) is 5.87. The minimum absolute atomic E-state index is 0.214. The lowest BCUT2D eigenvalue weighted by Crippen LogP contribution is -2.45. The molecule has 1 N–H and O–H groups in total. The van der Waals surface area contributed by atoms with Crippen LogP contribution in [0.15, 0.2) is 30.3 Å². The molecule has 2 aliphatic rings. The van der Waals surface area contributed by atoms with Gasteiger partial charge in [0.15, 0.2) is 0 Å². The van der Waals surface area contributed by atoms with E-state index in [0.717, 1.165) is 16.8 Å². The van der Waals surface area contributed by atoms with E-state index in [1.54, 1.807) is 4.31 Å². The predicted molar refractivity (Wildman–Crippen MR) is 111 cm³/mol. The first-order valence-electron chi connectivity index (χ1n) is 9.86. The second-order valence-electron chi connectivity index (χ2n) is 8.13. The van der Waals surface area contributed by atoms with E-state index in [1.807, 2.05) is 51.1 Å². The van der Waals surface area contributed by atoms with Crippen LogP contribution in [0.5, 0.6) is 0 Å². The standard InChI is InChI=1S/C21H30N2O4S/c1-5-19(17-14-21(2,3)22-18-9-7-6-8-16(17)18)28(25,26)23-12-10-15(11-13-23)20(24)27-4/h6-9,14-15,19,22H,5,10-13H2,1-4H3. The monoisotopic (exact) mass is 406 g/mol. The first kappa shape index (κ1) is 20.9. The maximum atomic E-state index is 13.5. The minimum atomic E-state index is -3.54. The Hall–Kier alpha value is -1.86. The topological polar surface area (TPSA) is 75.7 Å². The van der Waals surface area contributed by atoms with Crippen LogP contribution in [-0.2, 0) is 19.6 Å². The fourth-order valence-corrected chi connectivity index (χ4v) is 6.26. The normalized spacial score (nSPS) is 21.2. The Morgan fingerprint density at radius 3 is 2.54 bits per heavy atom. The number of sulfonamides is 1. The number of ether oxygens (including phenoxy) is 1. The predicted octanol–water partition coefficient (Wildman–Crippen LogP) is 3.27. The number of fused-ring (bicyclic) bond motifs is 1. The van der Waals surface area contributed by atoms with Crippen LogP contribution in [0.2, 0.25) is 0 Å². The Labute approximate surface area is 168 Å². The summed E-state index contributed by atoms with van der Waals surface area (Å²) in [5.41, 5.74) is 2.44. The number of carbonyl (C=O) groups is 1. The Morgan fingerprint density at radius 1 is 1.29 bits per heavy atom. The Bertz CT molecular complexity index is 868. The van der Waals surface area contributed by atoms with Crippen molar-refractivity contribution in [3.05, 3.63) is 35.9 Å². The molecule has 2 heterocycles. The minimum Gasteiger partial charge on any atom is -0.469 e. The number of anilines is 1. The molecule has 2 aliphatic heterocycles. The van der Waals surface area contributed by atoms with Gasteiger partial charge in [-0.2, -0.15) is 0 Å². The molecule has 1 atom stereocenters. The summed E-state index contributed by atoms with van der Waals surface area (Å²) >= 11 is 0. The number of benzene rings is 1. The average Bonchev–Trinajstić information content (AvgIpc) is 2.67. The van der Waals surface area contributed by atoms with Crippen LogP contribution in [0, 0.1) is 5.92 Å². The molecular weight excluding hydrogens is 376 g/mol. The zero-order valence-electron chi connectivity index (χ0n) is 17.1. The van der Waals surface area contributed by atoms with Gasteiger partial charge in [-0.05, 0) is 44.7 Å². The van der Waals surface area contributed by atoms with E-state index in [1.165, 1.54) is 7.11 Å². The van der Waals surface area contributed by atoms with E-state index in [-0.39, 0.29) is 17.4 Å². The number of hydrogen-bond acceptors (Lipinski definition) is 5. The number of nitrogens with zero attached hydrogens (tertiary/aromatic N) is 1. The van der Waals surface area contributed by atoms with Crippen molar-refractivity contribution in [3.8, 4) is 0 Å². The highest BCUT2D eigenvalue weighted by Gasteiger charge is 2.39. The van der Waals surface area contributed by atoms with Crippen LogP contribution in [0.4, 0.5) is 5.69 Å². The highest BCUT2D eigenvalue weighted by Crippen LogP contribution is 2.39. The van der Waals surface area contributed by atoms with Gasteiger partial charge in [-0.25, -0.2) is 12.7 Å². The molecular formula is C21H30N2O4S. The summed E-state index contributed by atoms with van der Waals surface area (Å²) in [5, 5.41) is 2.86. The zero-order valence-corrected chi connectivity index (χ0v) is 17.9. The molecule has 0 spiro atoms. The third-order valence-electron chi connectivity index (χ3n) is 5.64. The van der Waals surface area contributed by atoms with Gasteiger partial charge < -0.3 is 10.1 Å². The second-order valence-corrected chi connectivity index (χ2v) is 10.2. The van der Waals surface area contributed by atoms with E-state index >= 15 is 0 Å². The van der Waals surface area contributed by atoms with Crippen LogP contribution in [0.3, 0.4) is 0 Å². The van der Waals surface area contributed by atoms with Gasteiger partial charge in [0.25, 0.3) is 0 Å². The maximum absolute atomic E-state index is 13.5. The van der Waals surface area contributed by atoms with Gasteiger partial charge in [-0.3, -0.25) is 4.79 Å². The van der Waals surface area contributed by atoms with Crippen LogP contribution < -0.4 is 5.32 Å². The molecule has 28 heavy (non-hydrogen) atoms. The highest BCUT2D eigenvalue weighted by atomic mass is 32.2. The summed E-state index contributed by atoms with van der Waals surface area (Å²) in [6, 6.07) is 7.86. The van der Waals surface area contributed by atoms with Gasteiger partial charge in [0.05, 0.1) is 18.6 Å². The molecule has 154 valence electrons. The fraction of sp³-hybridized carbons (Fsp3) is 0.571. The Morgan fingerprint density at radius 2 is 1.93 bits per heavy atom. The van der Waals surface area contributed by atoms with Crippen molar-refractivity contribution in [2.24, 2.45) is 5.92 Å². The van der Waals surface area contributed by atoms with Crippen LogP contribution >= 0.6 is 0 Å². The summed E-state index contributed by atoms with van der Waals surface area (Å²) in [7, 11) is -2.16. The molecule has 1 saturated heterocycles. The molecule has 3 rings (SSSR count). The van der Waals surface area contributed by atoms with Crippen LogP contribution in [0.25, 0.3) is 5.57 Å². The molecule has 6 nitrogen and oxygen atoms in total. The molecule has 0 aliphatic carbocycles. The van der Waals surface area contributed by atoms with Gasteiger partial charge in [0.1, 0.15) is 5.25 Å². The maximum Gasteiger partial charge on any atom is 0.308 e. The molecule has 1 aromatic rings. The summed E-state index contributed by atoms with van der Waals surface area (Å²) in [4.78, 5) is 11.8. The number of methoxy groups -OCH3 is 1. The van der Waals surface area contributed by atoms with Gasteiger partial charge >= 0.3 is 5.97 Å². The number of piperidine rings is 1.